The molecule has 3 rings (SSSR count). The number of amides is 2. The monoisotopic (exact) mass is 346 g/mol. The van der Waals surface area contributed by atoms with Crippen molar-refractivity contribution in [1.29, 1.82) is 0 Å². The second-order valence-electron chi connectivity index (χ2n) is 6.96. The van der Waals surface area contributed by atoms with Gasteiger partial charge in [0.25, 0.3) is 0 Å². The van der Waals surface area contributed by atoms with Gasteiger partial charge in [-0.25, -0.2) is 0 Å². The summed E-state index contributed by atoms with van der Waals surface area (Å²) in [5, 5.41) is 0. The normalized spacial score (nSPS) is 24.0. The Morgan fingerprint density at radius 2 is 2.00 bits per heavy atom. The van der Waals surface area contributed by atoms with Gasteiger partial charge in [0.05, 0.1) is 0 Å². The minimum Gasteiger partial charge on any atom is -0.341 e. The van der Waals surface area contributed by atoms with Crippen LogP contribution in [0.5, 0.6) is 0 Å². The van der Waals surface area contributed by atoms with Gasteiger partial charge in [-0.05, 0) is 43.3 Å². The average Bonchev–Trinajstić information content (AvgIpc) is 3.17. The van der Waals surface area contributed by atoms with E-state index in [9.17, 15) is 9.59 Å². The zero-order chi connectivity index (χ0) is 17.1. The molecule has 130 valence electrons. The predicted octanol–water partition coefficient (Wildman–Crippen LogP) is 2.70. The molecule has 2 aliphatic rings. The lowest BCUT2D eigenvalue weighted by atomic mass is 10.1. The summed E-state index contributed by atoms with van der Waals surface area (Å²) in [4.78, 5) is 29.0. The Morgan fingerprint density at radius 1 is 1.25 bits per heavy atom. The summed E-state index contributed by atoms with van der Waals surface area (Å²) in [6.07, 6.45) is 4.35. The number of nitrogens with zero attached hydrogens (tertiary/aromatic N) is 2. The third-order valence-corrected chi connectivity index (χ3v) is 5.89. The van der Waals surface area contributed by atoms with Crippen LogP contribution in [-0.4, -0.2) is 52.8 Å². The summed E-state index contributed by atoms with van der Waals surface area (Å²) in [6.45, 7) is 4.28. The van der Waals surface area contributed by atoms with E-state index < -0.39 is 0 Å². The van der Waals surface area contributed by atoms with Gasteiger partial charge in [0, 0.05) is 26.1 Å². The van der Waals surface area contributed by atoms with E-state index in [2.05, 4.69) is 25.3 Å². The zero-order valence-corrected chi connectivity index (χ0v) is 15.3. The Balaban J connectivity index is 1.66. The number of likely N-dealkylation sites (tertiary alicyclic amines) is 2. The highest BCUT2D eigenvalue weighted by atomic mass is 32.2. The van der Waals surface area contributed by atoms with Crippen LogP contribution >= 0.6 is 11.8 Å². The van der Waals surface area contributed by atoms with Gasteiger partial charge in [0.2, 0.25) is 11.8 Å². The number of carbonyl (C=O) groups excluding carboxylic acids is 2. The van der Waals surface area contributed by atoms with E-state index in [1.54, 1.807) is 4.90 Å². The van der Waals surface area contributed by atoms with Crippen molar-refractivity contribution in [3.63, 3.8) is 0 Å². The van der Waals surface area contributed by atoms with Crippen molar-refractivity contribution >= 4 is 23.6 Å². The molecular weight excluding hydrogens is 320 g/mol. The van der Waals surface area contributed by atoms with E-state index in [0.717, 1.165) is 30.8 Å². The fourth-order valence-electron chi connectivity index (χ4n) is 3.69. The van der Waals surface area contributed by atoms with Crippen LogP contribution in [0, 0.1) is 12.8 Å². The van der Waals surface area contributed by atoms with E-state index in [-0.39, 0.29) is 17.9 Å². The van der Waals surface area contributed by atoms with E-state index in [1.807, 2.05) is 28.8 Å². The van der Waals surface area contributed by atoms with Gasteiger partial charge in [0.15, 0.2) is 0 Å². The van der Waals surface area contributed by atoms with Gasteiger partial charge in [0.1, 0.15) is 6.04 Å². The molecule has 2 unspecified atom stereocenters. The Morgan fingerprint density at radius 3 is 2.71 bits per heavy atom. The lowest BCUT2D eigenvalue weighted by Gasteiger charge is -2.28. The van der Waals surface area contributed by atoms with Crippen LogP contribution in [-0.2, 0) is 16.1 Å². The first-order valence-electron chi connectivity index (χ1n) is 8.71. The lowest BCUT2D eigenvalue weighted by molar-refractivity contribution is -0.141. The average molecular weight is 346 g/mol. The zero-order valence-electron chi connectivity index (χ0n) is 14.5. The molecule has 5 heteroatoms. The summed E-state index contributed by atoms with van der Waals surface area (Å²) >= 11 is 1.85. The van der Waals surface area contributed by atoms with Crippen molar-refractivity contribution in [3.05, 3.63) is 35.4 Å². The van der Waals surface area contributed by atoms with Gasteiger partial charge in [-0.2, -0.15) is 11.8 Å². The molecule has 0 aliphatic carbocycles. The van der Waals surface area contributed by atoms with Crippen molar-refractivity contribution in [1.82, 2.24) is 9.80 Å². The molecule has 1 aromatic carbocycles. The predicted molar refractivity (Wildman–Crippen MR) is 97.8 cm³/mol. The minimum absolute atomic E-state index is 0.105. The largest absolute Gasteiger partial charge is 0.341 e. The van der Waals surface area contributed by atoms with E-state index >= 15 is 0 Å². The van der Waals surface area contributed by atoms with E-state index in [0.29, 0.717) is 25.3 Å². The third-order valence-electron chi connectivity index (χ3n) is 5.09. The molecule has 0 spiro atoms. The van der Waals surface area contributed by atoms with Gasteiger partial charge in [-0.1, -0.05) is 29.8 Å². The highest BCUT2D eigenvalue weighted by Crippen LogP contribution is 2.27. The molecule has 2 saturated heterocycles. The maximum atomic E-state index is 12.9. The summed E-state index contributed by atoms with van der Waals surface area (Å²) in [7, 11) is 0. The number of hydrogen-bond donors (Lipinski definition) is 0. The molecule has 0 saturated carbocycles. The maximum absolute atomic E-state index is 12.9. The first-order chi connectivity index (χ1) is 11.6. The fourth-order valence-corrected chi connectivity index (χ4v) is 4.44. The summed E-state index contributed by atoms with van der Waals surface area (Å²) < 4.78 is 0. The number of rotatable bonds is 5. The van der Waals surface area contributed by atoms with Gasteiger partial charge in [-0.15, -0.1) is 0 Å². The van der Waals surface area contributed by atoms with Crippen molar-refractivity contribution in [2.45, 2.75) is 38.8 Å². The van der Waals surface area contributed by atoms with Crippen LogP contribution in [0.15, 0.2) is 24.3 Å². The van der Waals surface area contributed by atoms with E-state index in [1.165, 1.54) is 5.56 Å². The van der Waals surface area contributed by atoms with Crippen molar-refractivity contribution in [3.8, 4) is 0 Å². The van der Waals surface area contributed by atoms with Crippen LogP contribution in [0.4, 0.5) is 0 Å². The van der Waals surface area contributed by atoms with Crippen molar-refractivity contribution < 1.29 is 9.59 Å². The number of thioether (sulfide) groups is 1. The number of aryl methyl sites for hydroxylation is 1. The Bertz CT molecular complexity index is 602. The van der Waals surface area contributed by atoms with Crippen LogP contribution in [0.25, 0.3) is 0 Å². The van der Waals surface area contributed by atoms with Crippen molar-refractivity contribution in [2.75, 3.05) is 25.1 Å². The molecule has 4 nitrogen and oxygen atoms in total. The summed E-state index contributed by atoms with van der Waals surface area (Å²) in [5.41, 5.74) is 2.30. The topological polar surface area (TPSA) is 40.6 Å². The van der Waals surface area contributed by atoms with Crippen molar-refractivity contribution in [2.24, 2.45) is 5.92 Å². The molecule has 2 aliphatic heterocycles. The Kier molecular flexibility index (Phi) is 5.49. The molecule has 0 aromatic heterocycles. The molecule has 24 heavy (non-hydrogen) atoms. The molecule has 0 radical (unpaired) electrons. The molecule has 2 fully saturated rings. The standard InChI is InChI=1S/C19H26N2O2S/c1-14-3-5-15(6-4-14)12-21-17(7-8-18(21)22)19(23)20-10-9-16(11-20)13-24-2/h3-6,16-17H,7-13H2,1-2H3. The fraction of sp³-hybridized carbons (Fsp3) is 0.579. The second kappa shape index (κ2) is 7.60. The highest BCUT2D eigenvalue weighted by Gasteiger charge is 2.39. The first kappa shape index (κ1) is 17.3. The van der Waals surface area contributed by atoms with Gasteiger partial charge < -0.3 is 9.80 Å². The summed E-state index contributed by atoms with van der Waals surface area (Å²) in [6, 6.07) is 7.94. The quantitative estimate of drug-likeness (QED) is 0.823. The highest BCUT2D eigenvalue weighted by molar-refractivity contribution is 7.98. The molecule has 2 atom stereocenters. The smallest absolute Gasteiger partial charge is 0.245 e. The SMILES string of the molecule is CSCC1CCN(C(=O)C2CCC(=O)N2Cc2ccc(C)cc2)C1. The van der Waals surface area contributed by atoms with E-state index in [4.69, 9.17) is 0 Å². The first-order valence-corrected chi connectivity index (χ1v) is 10.1. The van der Waals surface area contributed by atoms with Crippen LogP contribution in [0.1, 0.15) is 30.4 Å². The minimum atomic E-state index is -0.271. The lowest BCUT2D eigenvalue weighted by Crippen LogP contribution is -2.45. The summed E-state index contributed by atoms with van der Waals surface area (Å²) in [5.74, 6) is 1.97. The van der Waals surface area contributed by atoms with Crippen LogP contribution in [0.2, 0.25) is 0 Å². The molecule has 1 aromatic rings. The number of carbonyl (C=O) groups is 2. The molecule has 2 heterocycles. The molecular formula is C19H26N2O2S. The molecule has 0 bridgehead atoms. The van der Waals surface area contributed by atoms with Gasteiger partial charge >= 0.3 is 0 Å². The van der Waals surface area contributed by atoms with Crippen LogP contribution < -0.4 is 0 Å². The molecule has 2 amide bonds. The van der Waals surface area contributed by atoms with Crippen LogP contribution in [0.3, 0.4) is 0 Å². The molecule has 0 N–H and O–H groups in total. The second-order valence-corrected chi connectivity index (χ2v) is 7.87. The Labute approximate surface area is 148 Å². The number of benzene rings is 1. The number of hydrogen-bond acceptors (Lipinski definition) is 3. The third kappa shape index (κ3) is 3.77. The maximum Gasteiger partial charge on any atom is 0.245 e. The Hall–Kier alpha value is -1.49. The van der Waals surface area contributed by atoms with Gasteiger partial charge in [-0.3, -0.25) is 9.59 Å².